The molecule has 0 saturated carbocycles. The maximum Gasteiger partial charge on any atom is 0.229 e. The molecule has 2 aliphatic heterocycles. The number of nitrogens with one attached hydrogen (secondary N) is 1. The molecule has 4 atom stereocenters. The maximum absolute atomic E-state index is 12.3. The van der Waals surface area contributed by atoms with Gasteiger partial charge in [0.15, 0.2) is 8.32 Å². The monoisotopic (exact) mass is 373 g/mol. The van der Waals surface area contributed by atoms with Crippen molar-refractivity contribution < 1.29 is 18.8 Å². The normalized spacial score (nSPS) is 29.1. The van der Waals surface area contributed by atoms with Gasteiger partial charge in [-0.2, -0.15) is 0 Å². The molecule has 0 spiro atoms. The third-order valence-corrected chi connectivity index (χ3v) is 11.1. The number of hydrogen-bond acceptors (Lipinski definition) is 5. The van der Waals surface area contributed by atoms with Crippen LogP contribution >= 0.6 is 11.8 Å². The Bertz CT molecular complexity index is 485. The maximum atomic E-state index is 12.3. The molecule has 2 fully saturated rings. The first-order valence-corrected chi connectivity index (χ1v) is 12.7. The predicted molar refractivity (Wildman–Crippen MR) is 99.4 cm³/mol. The number of carbonyl (C=O) groups is 2. The average molecular weight is 374 g/mol. The molecule has 1 unspecified atom stereocenters. The lowest BCUT2D eigenvalue weighted by Gasteiger charge is -2.45. The first kappa shape index (κ1) is 19.9. The Morgan fingerprint density at radius 3 is 2.58 bits per heavy atom. The van der Waals surface area contributed by atoms with Crippen LogP contribution in [0, 0.1) is 5.92 Å². The van der Waals surface area contributed by atoms with Gasteiger partial charge in [0.05, 0.1) is 17.4 Å². The van der Waals surface area contributed by atoms with E-state index in [9.17, 15) is 9.59 Å². The van der Waals surface area contributed by atoms with E-state index in [1.54, 1.807) is 0 Å². The summed E-state index contributed by atoms with van der Waals surface area (Å²) >= 11 is 1.21. The van der Waals surface area contributed by atoms with E-state index >= 15 is 0 Å². The molecular weight excluding hydrogens is 342 g/mol. The molecule has 1 amide bonds. The van der Waals surface area contributed by atoms with E-state index in [-0.39, 0.29) is 39.6 Å². The first-order chi connectivity index (χ1) is 11.1. The van der Waals surface area contributed by atoms with Gasteiger partial charge < -0.3 is 14.5 Å². The van der Waals surface area contributed by atoms with Crippen LogP contribution in [-0.2, 0) is 18.8 Å². The van der Waals surface area contributed by atoms with Crippen molar-refractivity contribution in [3.8, 4) is 0 Å². The number of thioether (sulfide) groups is 1. The van der Waals surface area contributed by atoms with Crippen molar-refractivity contribution in [3.63, 3.8) is 0 Å². The molecule has 0 aromatic rings. The van der Waals surface area contributed by atoms with Gasteiger partial charge in [0.25, 0.3) is 0 Å². The van der Waals surface area contributed by atoms with Crippen LogP contribution in [0.2, 0.25) is 18.1 Å². The van der Waals surface area contributed by atoms with Crippen molar-refractivity contribution >= 4 is 31.1 Å². The van der Waals surface area contributed by atoms with E-state index in [0.29, 0.717) is 6.61 Å². The lowest BCUT2D eigenvalue weighted by atomic mass is 9.93. The Kier molecular flexibility index (Phi) is 6.21. The molecule has 0 aromatic heterocycles. The summed E-state index contributed by atoms with van der Waals surface area (Å²) in [4.78, 5) is 24.5. The largest absolute Gasteiger partial charge is 0.413 e. The minimum absolute atomic E-state index is 0.00167. The Labute approximate surface area is 150 Å². The number of carbonyl (C=O) groups excluding carboxylic acids is 2. The summed E-state index contributed by atoms with van der Waals surface area (Å²) in [6.07, 6.45) is 2.05. The SMILES string of the molecule is CC[C@H](O[Si](C)(C)C(C)(C)C)[C@@H]1C(=O)N[C@H]1SC(=O)C1CCCO1. The Morgan fingerprint density at radius 1 is 1.46 bits per heavy atom. The molecule has 138 valence electrons. The van der Waals surface area contributed by atoms with Gasteiger partial charge in [-0.3, -0.25) is 9.59 Å². The molecule has 2 heterocycles. The van der Waals surface area contributed by atoms with Crippen LogP contribution in [0.25, 0.3) is 0 Å². The van der Waals surface area contributed by atoms with Crippen LogP contribution in [0.1, 0.15) is 47.0 Å². The molecule has 0 aliphatic carbocycles. The second-order valence-corrected chi connectivity index (χ2v) is 14.1. The summed E-state index contributed by atoms with van der Waals surface area (Å²) in [5, 5.41) is 2.80. The second-order valence-electron chi connectivity index (χ2n) is 8.22. The summed E-state index contributed by atoms with van der Waals surface area (Å²) < 4.78 is 11.9. The summed E-state index contributed by atoms with van der Waals surface area (Å²) in [6.45, 7) is 13.7. The summed E-state index contributed by atoms with van der Waals surface area (Å²) in [5.41, 5.74) is 0. The second kappa shape index (κ2) is 7.48. The Morgan fingerprint density at radius 2 is 2.12 bits per heavy atom. The molecule has 0 bridgehead atoms. The minimum Gasteiger partial charge on any atom is -0.413 e. The molecular formula is C17H31NO4SSi. The van der Waals surface area contributed by atoms with Gasteiger partial charge in [0, 0.05) is 6.61 Å². The van der Waals surface area contributed by atoms with Gasteiger partial charge in [-0.05, 0) is 37.4 Å². The summed E-state index contributed by atoms with van der Waals surface area (Å²) in [6, 6.07) is 0. The number of ether oxygens (including phenoxy) is 1. The molecule has 0 aromatic carbocycles. The van der Waals surface area contributed by atoms with Crippen molar-refractivity contribution in [2.24, 2.45) is 5.92 Å². The highest BCUT2D eigenvalue weighted by molar-refractivity contribution is 8.14. The number of β-lactam (4-membered cyclic amide) rings is 1. The van der Waals surface area contributed by atoms with Gasteiger partial charge in [0.1, 0.15) is 6.10 Å². The third-order valence-electron chi connectivity index (χ3n) is 5.40. The van der Waals surface area contributed by atoms with Gasteiger partial charge in [0.2, 0.25) is 11.0 Å². The van der Waals surface area contributed by atoms with E-state index in [4.69, 9.17) is 9.16 Å². The molecule has 2 saturated heterocycles. The molecule has 5 nitrogen and oxygen atoms in total. The van der Waals surface area contributed by atoms with Crippen LogP contribution in [-0.4, -0.2) is 43.5 Å². The zero-order valence-corrected chi connectivity index (χ0v) is 17.5. The fourth-order valence-corrected chi connectivity index (χ4v) is 5.40. The fourth-order valence-electron chi connectivity index (χ4n) is 2.76. The predicted octanol–water partition coefficient (Wildman–Crippen LogP) is 3.30. The van der Waals surface area contributed by atoms with E-state index < -0.39 is 8.32 Å². The van der Waals surface area contributed by atoms with Gasteiger partial charge in [-0.1, -0.05) is 39.5 Å². The van der Waals surface area contributed by atoms with Crippen LogP contribution in [0.15, 0.2) is 0 Å². The Balaban J connectivity index is 2.01. The van der Waals surface area contributed by atoms with Crippen LogP contribution in [0.4, 0.5) is 0 Å². The standard InChI is InChI=1S/C17H31NO4SSi/c1-7-11(22-24(5,6)17(2,3)4)13-14(19)18-15(13)23-16(20)12-9-8-10-21-12/h11-13,15H,7-10H2,1-6H3,(H,18,19)/t11-,12?,13+,15-/m0/s1. The van der Waals surface area contributed by atoms with Crippen molar-refractivity contribution in [2.75, 3.05) is 6.61 Å². The van der Waals surface area contributed by atoms with Crippen LogP contribution < -0.4 is 5.32 Å². The quantitative estimate of drug-likeness (QED) is 0.572. The van der Waals surface area contributed by atoms with Crippen molar-refractivity contribution in [1.29, 1.82) is 0 Å². The average Bonchev–Trinajstić information content (AvgIpc) is 2.98. The minimum atomic E-state index is -1.96. The number of rotatable bonds is 6. The molecule has 1 N–H and O–H groups in total. The van der Waals surface area contributed by atoms with Crippen molar-refractivity contribution in [1.82, 2.24) is 5.32 Å². The van der Waals surface area contributed by atoms with Gasteiger partial charge in [-0.25, -0.2) is 0 Å². The fraction of sp³-hybridized carbons (Fsp3) is 0.882. The van der Waals surface area contributed by atoms with Gasteiger partial charge >= 0.3 is 0 Å². The zero-order valence-electron chi connectivity index (χ0n) is 15.7. The van der Waals surface area contributed by atoms with E-state index in [1.807, 2.05) is 6.92 Å². The van der Waals surface area contributed by atoms with Gasteiger partial charge in [-0.15, -0.1) is 0 Å². The van der Waals surface area contributed by atoms with Crippen molar-refractivity contribution in [3.05, 3.63) is 0 Å². The highest BCUT2D eigenvalue weighted by Crippen LogP contribution is 2.41. The lowest BCUT2D eigenvalue weighted by Crippen LogP contribution is -2.63. The lowest BCUT2D eigenvalue weighted by molar-refractivity contribution is -0.137. The smallest absolute Gasteiger partial charge is 0.229 e. The molecule has 24 heavy (non-hydrogen) atoms. The molecule has 7 heteroatoms. The highest BCUT2D eigenvalue weighted by atomic mass is 32.2. The summed E-state index contributed by atoms with van der Waals surface area (Å²) in [7, 11) is -1.96. The highest BCUT2D eigenvalue weighted by Gasteiger charge is 2.49. The van der Waals surface area contributed by atoms with E-state index in [2.05, 4.69) is 39.2 Å². The molecule has 2 rings (SSSR count). The van der Waals surface area contributed by atoms with Crippen LogP contribution in [0.3, 0.4) is 0 Å². The van der Waals surface area contributed by atoms with Crippen molar-refractivity contribution in [2.45, 2.75) is 82.7 Å². The number of amides is 1. The topological polar surface area (TPSA) is 64.6 Å². The van der Waals surface area contributed by atoms with Crippen LogP contribution in [0.5, 0.6) is 0 Å². The molecule has 2 aliphatic rings. The summed E-state index contributed by atoms with van der Waals surface area (Å²) in [5.74, 6) is -0.252. The zero-order chi connectivity index (χ0) is 18.1. The van der Waals surface area contributed by atoms with E-state index in [0.717, 1.165) is 19.3 Å². The number of hydrogen-bond donors (Lipinski definition) is 1. The van der Waals surface area contributed by atoms with E-state index in [1.165, 1.54) is 11.8 Å². The first-order valence-electron chi connectivity index (χ1n) is 8.87. The third kappa shape index (κ3) is 4.23. The molecule has 0 radical (unpaired) electrons. The Hall–Kier alpha value is -0.373.